The van der Waals surface area contributed by atoms with Gasteiger partial charge in [-0.1, -0.05) is 11.6 Å². The van der Waals surface area contributed by atoms with E-state index in [0.29, 0.717) is 12.1 Å². The van der Waals surface area contributed by atoms with Crippen LogP contribution in [0.3, 0.4) is 0 Å². The van der Waals surface area contributed by atoms with Crippen molar-refractivity contribution in [1.29, 1.82) is 0 Å². The number of carbonyl (C=O) groups excluding carboxylic acids is 2. The van der Waals surface area contributed by atoms with E-state index in [1.165, 1.54) is 0 Å². The molecule has 0 atom stereocenters. The monoisotopic (exact) mass is 286 g/mol. The average molecular weight is 286 g/mol. The van der Waals surface area contributed by atoms with Gasteiger partial charge in [0.15, 0.2) is 6.61 Å². The maximum atomic E-state index is 12.2. The molecular weight excluding hydrogens is 268 g/mol. The molecule has 0 saturated heterocycles. The van der Waals surface area contributed by atoms with Crippen LogP contribution < -0.4 is 5.32 Å². The van der Waals surface area contributed by atoms with Crippen molar-refractivity contribution >= 4 is 22.8 Å². The first-order chi connectivity index (χ1) is 10.0. The lowest BCUT2D eigenvalue weighted by Crippen LogP contribution is -2.28. The van der Waals surface area contributed by atoms with Gasteiger partial charge in [-0.2, -0.15) is 0 Å². The van der Waals surface area contributed by atoms with Crippen molar-refractivity contribution in [2.45, 2.75) is 20.8 Å². The zero-order valence-electron chi connectivity index (χ0n) is 12.4. The summed E-state index contributed by atoms with van der Waals surface area (Å²) in [5.41, 5.74) is 2.94. The summed E-state index contributed by atoms with van der Waals surface area (Å²) >= 11 is 0. The van der Waals surface area contributed by atoms with Gasteiger partial charge in [-0.25, -0.2) is 4.79 Å². The van der Waals surface area contributed by atoms with Crippen LogP contribution in [0, 0.1) is 13.8 Å². The van der Waals surface area contributed by atoms with E-state index in [4.69, 9.17) is 4.74 Å². The zero-order valence-corrected chi connectivity index (χ0v) is 12.4. The van der Waals surface area contributed by atoms with E-state index in [2.05, 4.69) is 10.3 Å². The number of esters is 1. The van der Waals surface area contributed by atoms with Crippen molar-refractivity contribution in [2.75, 3.05) is 13.2 Å². The summed E-state index contributed by atoms with van der Waals surface area (Å²) in [4.78, 5) is 28.0. The Morgan fingerprint density at radius 1 is 1.24 bits per heavy atom. The number of likely N-dealkylation sites (N-methyl/N-ethyl adjacent to an activating group) is 1. The number of amides is 1. The largest absolute Gasteiger partial charge is 0.452 e. The van der Waals surface area contributed by atoms with Crippen LogP contribution in [-0.2, 0) is 9.53 Å². The molecule has 1 N–H and O–H groups in total. The van der Waals surface area contributed by atoms with Gasteiger partial charge in [0.25, 0.3) is 5.91 Å². The predicted octanol–water partition coefficient (Wildman–Crippen LogP) is 2.14. The SMILES string of the molecule is CCNC(=O)COC(=O)c1cc(C)nc2ccc(C)cc12. The van der Waals surface area contributed by atoms with Gasteiger partial charge in [0, 0.05) is 17.6 Å². The number of pyridine rings is 1. The summed E-state index contributed by atoms with van der Waals surface area (Å²) in [6.45, 7) is 5.80. The van der Waals surface area contributed by atoms with Gasteiger partial charge in [-0.05, 0) is 39.0 Å². The molecule has 0 fully saturated rings. The summed E-state index contributed by atoms with van der Waals surface area (Å²) in [5, 5.41) is 3.32. The molecule has 0 aliphatic carbocycles. The number of nitrogens with zero attached hydrogens (tertiary/aromatic N) is 1. The molecule has 110 valence electrons. The fourth-order valence-electron chi connectivity index (χ4n) is 2.10. The van der Waals surface area contributed by atoms with E-state index in [0.717, 1.165) is 22.2 Å². The minimum atomic E-state index is -0.512. The number of benzene rings is 1. The Labute approximate surface area is 123 Å². The Balaban J connectivity index is 2.30. The number of ether oxygens (including phenoxy) is 1. The average Bonchev–Trinajstić information content (AvgIpc) is 2.44. The zero-order chi connectivity index (χ0) is 15.4. The topological polar surface area (TPSA) is 68.3 Å². The van der Waals surface area contributed by atoms with Crippen LogP contribution in [0.15, 0.2) is 24.3 Å². The number of nitrogens with one attached hydrogen (secondary N) is 1. The van der Waals surface area contributed by atoms with Gasteiger partial charge in [-0.15, -0.1) is 0 Å². The third kappa shape index (κ3) is 3.56. The number of fused-ring (bicyclic) bond motifs is 1. The summed E-state index contributed by atoms with van der Waals surface area (Å²) < 4.78 is 5.07. The molecule has 5 nitrogen and oxygen atoms in total. The quantitative estimate of drug-likeness (QED) is 0.874. The van der Waals surface area contributed by atoms with Gasteiger partial charge in [0.05, 0.1) is 11.1 Å². The second-order valence-electron chi connectivity index (χ2n) is 4.86. The van der Waals surface area contributed by atoms with Crippen molar-refractivity contribution in [1.82, 2.24) is 10.3 Å². The highest BCUT2D eigenvalue weighted by Crippen LogP contribution is 2.20. The van der Waals surface area contributed by atoms with Crippen LogP contribution in [0.5, 0.6) is 0 Å². The molecule has 1 aromatic carbocycles. The Hall–Kier alpha value is -2.43. The lowest BCUT2D eigenvalue weighted by atomic mass is 10.1. The standard InChI is InChI=1S/C16H18N2O3/c1-4-17-15(19)9-21-16(20)13-8-11(3)18-14-6-5-10(2)7-12(13)14/h5-8H,4,9H2,1-3H3,(H,17,19). The molecule has 0 saturated carbocycles. The molecule has 21 heavy (non-hydrogen) atoms. The number of aromatic nitrogens is 1. The summed E-state index contributed by atoms with van der Waals surface area (Å²) in [6.07, 6.45) is 0. The highest BCUT2D eigenvalue weighted by atomic mass is 16.5. The Morgan fingerprint density at radius 2 is 2.00 bits per heavy atom. The molecule has 0 bridgehead atoms. The van der Waals surface area contributed by atoms with Crippen molar-refractivity contribution < 1.29 is 14.3 Å². The fourth-order valence-corrected chi connectivity index (χ4v) is 2.10. The van der Waals surface area contributed by atoms with E-state index in [1.807, 2.05) is 39.0 Å². The molecule has 2 aromatic rings. The van der Waals surface area contributed by atoms with Gasteiger partial charge in [0.2, 0.25) is 0 Å². The van der Waals surface area contributed by atoms with E-state index in [-0.39, 0.29) is 12.5 Å². The molecule has 1 aromatic heterocycles. The Kier molecular flexibility index (Phi) is 4.52. The van der Waals surface area contributed by atoms with Crippen molar-refractivity contribution in [3.63, 3.8) is 0 Å². The van der Waals surface area contributed by atoms with E-state index in [1.54, 1.807) is 6.07 Å². The third-order valence-corrected chi connectivity index (χ3v) is 3.02. The van der Waals surface area contributed by atoms with Crippen LogP contribution in [0.1, 0.15) is 28.5 Å². The number of hydrogen-bond donors (Lipinski definition) is 1. The first-order valence-electron chi connectivity index (χ1n) is 6.83. The first-order valence-corrected chi connectivity index (χ1v) is 6.83. The lowest BCUT2D eigenvalue weighted by molar-refractivity contribution is -0.124. The maximum Gasteiger partial charge on any atom is 0.339 e. The van der Waals surface area contributed by atoms with E-state index < -0.39 is 5.97 Å². The smallest absolute Gasteiger partial charge is 0.339 e. The minimum absolute atomic E-state index is 0.276. The molecule has 0 aliphatic rings. The summed E-state index contributed by atoms with van der Waals surface area (Å²) in [7, 11) is 0. The van der Waals surface area contributed by atoms with Crippen LogP contribution in [-0.4, -0.2) is 30.0 Å². The molecular formula is C16H18N2O3. The first kappa shape index (κ1) is 15.0. The summed E-state index contributed by atoms with van der Waals surface area (Å²) in [6, 6.07) is 7.39. The van der Waals surface area contributed by atoms with E-state index in [9.17, 15) is 9.59 Å². The Bertz CT molecular complexity index is 695. The van der Waals surface area contributed by atoms with Crippen LogP contribution >= 0.6 is 0 Å². The second kappa shape index (κ2) is 6.35. The number of rotatable bonds is 4. The van der Waals surface area contributed by atoms with Crippen LogP contribution in [0.2, 0.25) is 0 Å². The van der Waals surface area contributed by atoms with Crippen LogP contribution in [0.4, 0.5) is 0 Å². The normalized spacial score (nSPS) is 10.4. The van der Waals surface area contributed by atoms with Crippen molar-refractivity contribution in [3.05, 3.63) is 41.1 Å². The number of aryl methyl sites for hydroxylation is 2. The van der Waals surface area contributed by atoms with Crippen molar-refractivity contribution in [2.24, 2.45) is 0 Å². The van der Waals surface area contributed by atoms with Gasteiger partial charge >= 0.3 is 5.97 Å². The minimum Gasteiger partial charge on any atom is -0.452 e. The lowest BCUT2D eigenvalue weighted by Gasteiger charge is -2.09. The highest BCUT2D eigenvalue weighted by molar-refractivity contribution is 6.04. The maximum absolute atomic E-state index is 12.2. The fraction of sp³-hybridized carbons (Fsp3) is 0.312. The molecule has 0 unspecified atom stereocenters. The Morgan fingerprint density at radius 3 is 2.71 bits per heavy atom. The predicted molar refractivity (Wildman–Crippen MR) is 80.2 cm³/mol. The molecule has 5 heteroatoms. The van der Waals surface area contributed by atoms with E-state index >= 15 is 0 Å². The molecule has 2 rings (SSSR count). The number of hydrogen-bond acceptors (Lipinski definition) is 4. The third-order valence-electron chi connectivity index (χ3n) is 3.02. The van der Waals surface area contributed by atoms with Crippen LogP contribution in [0.25, 0.3) is 10.9 Å². The highest BCUT2D eigenvalue weighted by Gasteiger charge is 2.15. The molecule has 1 heterocycles. The van der Waals surface area contributed by atoms with Gasteiger partial charge in [-0.3, -0.25) is 9.78 Å². The van der Waals surface area contributed by atoms with Crippen molar-refractivity contribution in [3.8, 4) is 0 Å². The van der Waals surface area contributed by atoms with Gasteiger partial charge in [0.1, 0.15) is 0 Å². The second-order valence-corrected chi connectivity index (χ2v) is 4.86. The molecule has 1 amide bonds. The molecule has 0 spiro atoms. The molecule has 0 radical (unpaired) electrons. The number of carbonyl (C=O) groups is 2. The summed E-state index contributed by atoms with van der Waals surface area (Å²) in [5.74, 6) is -0.820. The van der Waals surface area contributed by atoms with Gasteiger partial charge < -0.3 is 10.1 Å². The molecule has 0 aliphatic heterocycles.